The third kappa shape index (κ3) is 4.22. The average Bonchev–Trinajstić information content (AvgIpc) is 3.04. The average molecular weight is 476 g/mol. The van der Waals surface area contributed by atoms with Crippen molar-refractivity contribution in [1.82, 2.24) is 4.90 Å². The standard InChI is InChI=1S/C24H29NO5S2/c1-17(2)31(27,28)22-12-8-18(9-13-22)14-24(26)25-19-10-11-20(25)16-23(15-19)32(29,30)21-6-4-3-5-7-21/h3-9,12-13,17,19-20,23H,10-11,14-16H2,1-2H3. The van der Waals surface area contributed by atoms with Crippen LogP contribution in [-0.4, -0.2) is 50.2 Å². The Morgan fingerprint density at radius 2 is 1.44 bits per heavy atom. The van der Waals surface area contributed by atoms with Gasteiger partial charge in [-0.25, -0.2) is 16.8 Å². The smallest absolute Gasteiger partial charge is 0.227 e. The van der Waals surface area contributed by atoms with Crippen LogP contribution in [0.25, 0.3) is 0 Å². The lowest BCUT2D eigenvalue weighted by Gasteiger charge is -2.38. The molecule has 32 heavy (non-hydrogen) atoms. The van der Waals surface area contributed by atoms with Crippen LogP contribution in [0.3, 0.4) is 0 Å². The molecule has 0 saturated carbocycles. The second-order valence-electron chi connectivity index (χ2n) is 9.05. The predicted octanol–water partition coefficient (Wildman–Crippen LogP) is 3.41. The first-order valence-corrected chi connectivity index (χ1v) is 14.1. The highest BCUT2D eigenvalue weighted by Crippen LogP contribution is 2.40. The minimum absolute atomic E-state index is 0.0208. The van der Waals surface area contributed by atoms with Gasteiger partial charge in [0.2, 0.25) is 5.91 Å². The number of rotatable bonds is 6. The van der Waals surface area contributed by atoms with Gasteiger partial charge in [0.25, 0.3) is 0 Å². The van der Waals surface area contributed by atoms with Crippen molar-refractivity contribution < 1.29 is 21.6 Å². The predicted molar refractivity (Wildman–Crippen MR) is 123 cm³/mol. The van der Waals surface area contributed by atoms with E-state index in [0.717, 1.165) is 18.4 Å². The molecule has 2 aromatic rings. The number of carbonyl (C=O) groups is 1. The summed E-state index contributed by atoms with van der Waals surface area (Å²) in [5, 5.41) is -0.967. The van der Waals surface area contributed by atoms with E-state index in [9.17, 15) is 21.6 Å². The SMILES string of the molecule is CC(C)S(=O)(=O)c1ccc(CC(=O)N2C3CCC2CC(S(=O)(=O)c2ccccc2)C3)cc1. The van der Waals surface area contributed by atoms with E-state index < -0.39 is 30.2 Å². The lowest BCUT2D eigenvalue weighted by atomic mass is 10.0. The number of carbonyl (C=O) groups excluding carboxylic acids is 1. The van der Waals surface area contributed by atoms with Crippen molar-refractivity contribution in [2.24, 2.45) is 0 Å². The maximum Gasteiger partial charge on any atom is 0.227 e. The van der Waals surface area contributed by atoms with E-state index in [1.54, 1.807) is 68.4 Å². The van der Waals surface area contributed by atoms with Gasteiger partial charge in [-0.15, -0.1) is 0 Å². The Morgan fingerprint density at radius 3 is 1.97 bits per heavy atom. The number of sulfone groups is 2. The van der Waals surface area contributed by atoms with E-state index in [0.29, 0.717) is 17.7 Å². The Kier molecular flexibility index (Phi) is 6.20. The Labute approximate surface area is 190 Å². The molecule has 0 spiro atoms. The van der Waals surface area contributed by atoms with Gasteiger partial charge in [-0.1, -0.05) is 30.3 Å². The topological polar surface area (TPSA) is 88.6 Å². The molecule has 8 heteroatoms. The van der Waals surface area contributed by atoms with E-state index in [4.69, 9.17) is 0 Å². The number of fused-ring (bicyclic) bond motifs is 2. The monoisotopic (exact) mass is 475 g/mol. The Balaban J connectivity index is 1.45. The second kappa shape index (κ2) is 8.63. The van der Waals surface area contributed by atoms with Gasteiger partial charge in [-0.05, 0) is 69.4 Å². The lowest BCUT2D eigenvalue weighted by molar-refractivity contribution is -0.134. The maximum atomic E-state index is 13.1. The van der Waals surface area contributed by atoms with Crippen molar-refractivity contribution in [3.63, 3.8) is 0 Å². The summed E-state index contributed by atoms with van der Waals surface area (Å²) in [5.74, 6) is -0.0208. The van der Waals surface area contributed by atoms with Gasteiger partial charge in [0.15, 0.2) is 19.7 Å². The Hall–Kier alpha value is -2.19. The van der Waals surface area contributed by atoms with Crippen molar-refractivity contribution in [3.8, 4) is 0 Å². The Morgan fingerprint density at radius 1 is 0.875 bits per heavy atom. The van der Waals surface area contributed by atoms with Crippen LogP contribution in [0.15, 0.2) is 64.4 Å². The maximum absolute atomic E-state index is 13.1. The molecule has 4 rings (SSSR count). The largest absolute Gasteiger partial charge is 0.336 e. The van der Waals surface area contributed by atoms with Crippen LogP contribution in [0.2, 0.25) is 0 Å². The van der Waals surface area contributed by atoms with Crippen molar-refractivity contribution in [3.05, 3.63) is 60.2 Å². The number of hydrogen-bond donors (Lipinski definition) is 0. The summed E-state index contributed by atoms with van der Waals surface area (Å²) in [6.07, 6.45) is 2.76. The van der Waals surface area contributed by atoms with Crippen molar-refractivity contribution in [2.75, 3.05) is 0 Å². The van der Waals surface area contributed by atoms with Crippen LogP contribution in [0.1, 0.15) is 45.1 Å². The highest BCUT2D eigenvalue weighted by atomic mass is 32.2. The van der Waals surface area contributed by atoms with E-state index in [-0.39, 0.29) is 29.3 Å². The number of nitrogens with zero attached hydrogens (tertiary/aromatic N) is 1. The van der Waals surface area contributed by atoms with Gasteiger partial charge in [-0.3, -0.25) is 4.79 Å². The molecule has 2 atom stereocenters. The fourth-order valence-electron chi connectivity index (χ4n) is 4.93. The molecule has 2 saturated heterocycles. The molecular formula is C24H29NO5S2. The molecule has 2 aliphatic rings. The summed E-state index contributed by atoms with van der Waals surface area (Å²) in [7, 11) is -6.76. The molecule has 2 aliphatic heterocycles. The second-order valence-corrected chi connectivity index (χ2v) is 13.8. The van der Waals surface area contributed by atoms with Crippen molar-refractivity contribution in [2.45, 2.75) is 78.3 Å². The number of piperidine rings is 1. The first kappa shape index (κ1) is 23.0. The van der Waals surface area contributed by atoms with Gasteiger partial charge >= 0.3 is 0 Å². The van der Waals surface area contributed by atoms with E-state index in [1.165, 1.54) is 0 Å². The molecule has 2 bridgehead atoms. The molecule has 0 radical (unpaired) electrons. The Bertz CT molecular complexity index is 1170. The first-order chi connectivity index (χ1) is 15.1. The molecule has 0 aromatic heterocycles. The van der Waals surface area contributed by atoms with Crippen LogP contribution in [0, 0.1) is 0 Å². The van der Waals surface area contributed by atoms with Gasteiger partial charge in [0.05, 0.1) is 26.7 Å². The minimum Gasteiger partial charge on any atom is -0.336 e. The third-order valence-electron chi connectivity index (χ3n) is 6.72. The van der Waals surface area contributed by atoms with Crippen molar-refractivity contribution in [1.29, 1.82) is 0 Å². The van der Waals surface area contributed by atoms with Crippen LogP contribution in [0.5, 0.6) is 0 Å². The summed E-state index contributed by atoms with van der Waals surface area (Å²) < 4.78 is 50.8. The van der Waals surface area contributed by atoms with Gasteiger partial charge in [0, 0.05) is 12.1 Å². The van der Waals surface area contributed by atoms with E-state index in [1.807, 2.05) is 4.90 Å². The molecule has 6 nitrogen and oxygen atoms in total. The van der Waals surface area contributed by atoms with Crippen LogP contribution in [0.4, 0.5) is 0 Å². The zero-order valence-electron chi connectivity index (χ0n) is 18.3. The molecular weight excluding hydrogens is 446 g/mol. The van der Waals surface area contributed by atoms with Crippen LogP contribution in [-0.2, 0) is 30.9 Å². The summed E-state index contributed by atoms with van der Waals surface area (Å²) in [6.45, 7) is 3.29. The molecule has 0 N–H and O–H groups in total. The van der Waals surface area contributed by atoms with Gasteiger partial charge in [0.1, 0.15) is 0 Å². The molecule has 2 unspecified atom stereocenters. The highest BCUT2D eigenvalue weighted by molar-refractivity contribution is 7.92. The summed E-state index contributed by atoms with van der Waals surface area (Å²) in [4.78, 5) is 15.6. The quantitative estimate of drug-likeness (QED) is 0.639. The normalized spacial score (nSPS) is 23.5. The summed E-state index contributed by atoms with van der Waals surface area (Å²) >= 11 is 0. The lowest BCUT2D eigenvalue weighted by Crippen LogP contribution is -2.50. The van der Waals surface area contributed by atoms with Gasteiger partial charge in [-0.2, -0.15) is 0 Å². The zero-order valence-corrected chi connectivity index (χ0v) is 20.0. The molecule has 2 heterocycles. The summed E-state index contributed by atoms with van der Waals surface area (Å²) in [6, 6.07) is 14.9. The number of amides is 1. The number of benzene rings is 2. The number of hydrogen-bond acceptors (Lipinski definition) is 5. The highest BCUT2D eigenvalue weighted by Gasteiger charge is 2.46. The van der Waals surface area contributed by atoms with Crippen LogP contribution >= 0.6 is 0 Å². The molecule has 2 aromatic carbocycles. The minimum atomic E-state index is -3.42. The molecule has 172 valence electrons. The first-order valence-electron chi connectivity index (χ1n) is 11.0. The molecule has 1 amide bonds. The zero-order chi connectivity index (χ0) is 23.1. The van der Waals surface area contributed by atoms with Crippen LogP contribution < -0.4 is 0 Å². The molecule has 2 fully saturated rings. The van der Waals surface area contributed by atoms with E-state index >= 15 is 0 Å². The fraction of sp³-hybridized carbons (Fsp3) is 0.458. The van der Waals surface area contributed by atoms with E-state index in [2.05, 4.69) is 0 Å². The van der Waals surface area contributed by atoms with Gasteiger partial charge < -0.3 is 4.90 Å². The molecule has 0 aliphatic carbocycles. The third-order valence-corrected chi connectivity index (χ3v) is 11.1. The fourth-order valence-corrected chi connectivity index (χ4v) is 7.86. The summed E-state index contributed by atoms with van der Waals surface area (Å²) in [5.41, 5.74) is 0.760. The van der Waals surface area contributed by atoms with Crippen molar-refractivity contribution >= 4 is 25.6 Å².